The number of benzene rings is 1. The van der Waals surface area contributed by atoms with Crippen LogP contribution in [0, 0.1) is 0 Å². The van der Waals surface area contributed by atoms with Crippen molar-refractivity contribution in [3.05, 3.63) is 28.2 Å². The number of carbonyl (C=O) groups excluding carboxylic acids is 1. The van der Waals surface area contributed by atoms with Gasteiger partial charge >= 0.3 is 0 Å². The van der Waals surface area contributed by atoms with E-state index in [0.29, 0.717) is 35.4 Å². The van der Waals surface area contributed by atoms with Crippen LogP contribution in [0.5, 0.6) is 0 Å². The normalized spacial score (nSPS) is 10.3. The number of rotatable bonds is 6. The van der Waals surface area contributed by atoms with Crippen molar-refractivity contribution in [1.82, 2.24) is 0 Å². The molecular formula is C12H15Cl2NO2. The SMILES string of the molecule is CCCOCCC(=O)Nc1ccc(Cl)cc1Cl. The number of hydrogen-bond acceptors (Lipinski definition) is 2. The molecular weight excluding hydrogens is 261 g/mol. The molecule has 0 aliphatic rings. The van der Waals surface area contributed by atoms with E-state index >= 15 is 0 Å². The van der Waals surface area contributed by atoms with Crippen molar-refractivity contribution in [2.24, 2.45) is 0 Å². The van der Waals surface area contributed by atoms with Crippen molar-refractivity contribution < 1.29 is 9.53 Å². The Kier molecular flexibility index (Phi) is 6.34. The van der Waals surface area contributed by atoms with Gasteiger partial charge in [-0.15, -0.1) is 0 Å². The molecule has 0 heterocycles. The summed E-state index contributed by atoms with van der Waals surface area (Å²) in [6.07, 6.45) is 1.27. The summed E-state index contributed by atoms with van der Waals surface area (Å²) in [4.78, 5) is 11.5. The molecule has 0 fully saturated rings. The number of ether oxygens (including phenoxy) is 1. The lowest BCUT2D eigenvalue weighted by atomic mass is 10.3. The van der Waals surface area contributed by atoms with Gasteiger partial charge in [-0.1, -0.05) is 30.1 Å². The van der Waals surface area contributed by atoms with Gasteiger partial charge in [0, 0.05) is 11.6 Å². The first-order valence-electron chi connectivity index (χ1n) is 5.46. The molecule has 0 saturated heterocycles. The van der Waals surface area contributed by atoms with Crippen molar-refractivity contribution in [3.8, 4) is 0 Å². The predicted molar refractivity (Wildman–Crippen MR) is 70.8 cm³/mol. The van der Waals surface area contributed by atoms with Crippen molar-refractivity contribution >= 4 is 34.8 Å². The standard InChI is InChI=1S/C12H15Cl2NO2/c1-2-6-17-7-5-12(16)15-11-4-3-9(13)8-10(11)14/h3-4,8H,2,5-7H2,1H3,(H,15,16). The first-order valence-corrected chi connectivity index (χ1v) is 6.21. The molecule has 0 aliphatic heterocycles. The van der Waals surface area contributed by atoms with E-state index in [1.54, 1.807) is 18.2 Å². The zero-order valence-corrected chi connectivity index (χ0v) is 11.1. The maximum atomic E-state index is 11.5. The molecule has 1 rings (SSSR count). The summed E-state index contributed by atoms with van der Waals surface area (Å²) < 4.78 is 5.23. The van der Waals surface area contributed by atoms with Gasteiger partial charge in [0.15, 0.2) is 0 Å². The number of halogens is 2. The molecule has 0 unspecified atom stereocenters. The van der Waals surface area contributed by atoms with Crippen molar-refractivity contribution in [3.63, 3.8) is 0 Å². The fraction of sp³-hybridized carbons (Fsp3) is 0.417. The smallest absolute Gasteiger partial charge is 0.226 e. The van der Waals surface area contributed by atoms with E-state index in [1.807, 2.05) is 6.92 Å². The number of anilines is 1. The highest BCUT2D eigenvalue weighted by atomic mass is 35.5. The molecule has 0 aliphatic carbocycles. The lowest BCUT2D eigenvalue weighted by molar-refractivity contribution is -0.117. The van der Waals surface area contributed by atoms with E-state index < -0.39 is 0 Å². The van der Waals surface area contributed by atoms with Crippen LogP contribution in [0.2, 0.25) is 10.0 Å². The van der Waals surface area contributed by atoms with Crippen LogP contribution in [0.25, 0.3) is 0 Å². The predicted octanol–water partition coefficient (Wildman–Crippen LogP) is 3.75. The second-order valence-corrected chi connectivity index (χ2v) is 4.38. The molecule has 17 heavy (non-hydrogen) atoms. The Morgan fingerprint density at radius 1 is 1.35 bits per heavy atom. The van der Waals surface area contributed by atoms with Crippen LogP contribution in [-0.4, -0.2) is 19.1 Å². The molecule has 0 spiro atoms. The van der Waals surface area contributed by atoms with Gasteiger partial charge in [0.25, 0.3) is 0 Å². The molecule has 1 amide bonds. The molecule has 0 bridgehead atoms. The van der Waals surface area contributed by atoms with Crippen LogP contribution in [0.3, 0.4) is 0 Å². The minimum absolute atomic E-state index is 0.120. The Hall–Kier alpha value is -0.770. The van der Waals surface area contributed by atoms with Gasteiger partial charge in [-0.3, -0.25) is 4.79 Å². The summed E-state index contributed by atoms with van der Waals surface area (Å²) in [6.45, 7) is 3.12. The van der Waals surface area contributed by atoms with E-state index in [1.165, 1.54) is 0 Å². The van der Waals surface area contributed by atoms with E-state index in [0.717, 1.165) is 6.42 Å². The lowest BCUT2D eigenvalue weighted by Gasteiger charge is -2.07. The van der Waals surface area contributed by atoms with Crippen LogP contribution >= 0.6 is 23.2 Å². The first kappa shape index (κ1) is 14.3. The lowest BCUT2D eigenvalue weighted by Crippen LogP contribution is -2.14. The molecule has 1 aromatic carbocycles. The molecule has 94 valence electrons. The average Bonchev–Trinajstić information content (AvgIpc) is 2.28. The van der Waals surface area contributed by atoms with Gasteiger partial charge in [0.05, 0.1) is 23.7 Å². The maximum absolute atomic E-state index is 11.5. The van der Waals surface area contributed by atoms with Gasteiger partial charge < -0.3 is 10.1 Å². The Morgan fingerprint density at radius 3 is 2.76 bits per heavy atom. The second-order valence-electron chi connectivity index (χ2n) is 3.53. The number of hydrogen-bond donors (Lipinski definition) is 1. The van der Waals surface area contributed by atoms with E-state index in [4.69, 9.17) is 27.9 Å². The van der Waals surface area contributed by atoms with Crippen LogP contribution in [-0.2, 0) is 9.53 Å². The van der Waals surface area contributed by atoms with Gasteiger partial charge in [-0.25, -0.2) is 0 Å². The number of carbonyl (C=O) groups is 1. The quantitative estimate of drug-likeness (QED) is 0.803. The summed E-state index contributed by atoms with van der Waals surface area (Å²) >= 11 is 11.7. The highest BCUT2D eigenvalue weighted by molar-refractivity contribution is 6.36. The largest absolute Gasteiger partial charge is 0.381 e. The highest BCUT2D eigenvalue weighted by Crippen LogP contribution is 2.25. The Labute approximate surface area is 111 Å². The van der Waals surface area contributed by atoms with E-state index in [-0.39, 0.29) is 5.91 Å². The third kappa shape index (κ3) is 5.39. The van der Waals surface area contributed by atoms with E-state index in [2.05, 4.69) is 5.32 Å². The summed E-state index contributed by atoms with van der Waals surface area (Å²) in [6, 6.07) is 4.94. The topological polar surface area (TPSA) is 38.3 Å². The average molecular weight is 276 g/mol. The van der Waals surface area contributed by atoms with Crippen molar-refractivity contribution in [2.45, 2.75) is 19.8 Å². The Balaban J connectivity index is 2.40. The number of amides is 1. The molecule has 5 heteroatoms. The molecule has 0 radical (unpaired) electrons. The third-order valence-electron chi connectivity index (χ3n) is 2.03. The molecule has 1 N–H and O–H groups in total. The summed E-state index contributed by atoms with van der Waals surface area (Å²) in [5.41, 5.74) is 0.566. The fourth-order valence-corrected chi connectivity index (χ4v) is 1.67. The van der Waals surface area contributed by atoms with Crippen LogP contribution in [0.15, 0.2) is 18.2 Å². The Bertz CT molecular complexity index is 383. The van der Waals surface area contributed by atoms with Gasteiger partial charge in [-0.2, -0.15) is 0 Å². The maximum Gasteiger partial charge on any atom is 0.226 e. The first-order chi connectivity index (χ1) is 8.13. The molecule has 0 atom stereocenters. The van der Waals surface area contributed by atoms with Crippen molar-refractivity contribution in [1.29, 1.82) is 0 Å². The summed E-state index contributed by atoms with van der Waals surface area (Å²) in [5, 5.41) is 3.68. The zero-order valence-electron chi connectivity index (χ0n) is 9.63. The van der Waals surface area contributed by atoms with Gasteiger partial charge in [0.2, 0.25) is 5.91 Å². The Morgan fingerprint density at radius 2 is 2.12 bits per heavy atom. The second kappa shape index (κ2) is 7.54. The van der Waals surface area contributed by atoms with Crippen LogP contribution in [0.4, 0.5) is 5.69 Å². The molecule has 3 nitrogen and oxygen atoms in total. The number of nitrogens with one attached hydrogen (secondary N) is 1. The minimum Gasteiger partial charge on any atom is -0.381 e. The molecule has 0 aromatic heterocycles. The fourth-order valence-electron chi connectivity index (χ4n) is 1.21. The highest BCUT2D eigenvalue weighted by Gasteiger charge is 2.06. The van der Waals surface area contributed by atoms with Gasteiger partial charge in [-0.05, 0) is 24.6 Å². The van der Waals surface area contributed by atoms with Crippen LogP contribution in [0.1, 0.15) is 19.8 Å². The third-order valence-corrected chi connectivity index (χ3v) is 2.57. The minimum atomic E-state index is -0.120. The van der Waals surface area contributed by atoms with E-state index in [9.17, 15) is 4.79 Å². The molecule has 0 saturated carbocycles. The van der Waals surface area contributed by atoms with Crippen molar-refractivity contribution in [2.75, 3.05) is 18.5 Å². The monoisotopic (exact) mass is 275 g/mol. The van der Waals surface area contributed by atoms with Gasteiger partial charge in [0.1, 0.15) is 0 Å². The summed E-state index contributed by atoms with van der Waals surface area (Å²) in [5.74, 6) is -0.120. The van der Waals surface area contributed by atoms with Crippen LogP contribution < -0.4 is 5.32 Å². The zero-order chi connectivity index (χ0) is 12.7. The summed E-state index contributed by atoms with van der Waals surface area (Å²) in [7, 11) is 0. The molecule has 1 aromatic rings.